The molecular weight excluding hydrogens is 418 g/mol. The number of anilines is 1. The highest BCUT2D eigenvalue weighted by atomic mass is 79.9. The van der Waals surface area contributed by atoms with Crippen molar-refractivity contribution in [1.29, 1.82) is 0 Å². The first-order valence-corrected chi connectivity index (χ1v) is 9.64. The molecule has 6 heteroatoms. The topological polar surface area (TPSA) is 68.0 Å². The molecule has 0 saturated carbocycles. The summed E-state index contributed by atoms with van der Waals surface area (Å²) in [7, 11) is 0. The van der Waals surface area contributed by atoms with E-state index in [2.05, 4.69) is 26.4 Å². The molecule has 1 N–H and O–H groups in total. The fraction of sp³-hybridized carbons (Fsp3) is 0.136. The fourth-order valence-electron chi connectivity index (χ4n) is 3.36. The number of hydrogen-bond acceptors (Lipinski definition) is 4. The lowest BCUT2D eigenvalue weighted by Gasteiger charge is -2.16. The second-order valence-electron chi connectivity index (χ2n) is 6.72. The molecule has 0 atom stereocenters. The summed E-state index contributed by atoms with van der Waals surface area (Å²) >= 11 is 3.54. The summed E-state index contributed by atoms with van der Waals surface area (Å²) in [5.74, 6) is 0.780. The van der Waals surface area contributed by atoms with Crippen LogP contribution in [0.3, 0.4) is 0 Å². The molecule has 0 radical (unpaired) electrons. The first kappa shape index (κ1) is 18.4. The lowest BCUT2D eigenvalue weighted by atomic mass is 9.96. The molecule has 140 valence electrons. The van der Waals surface area contributed by atoms with E-state index in [4.69, 9.17) is 9.51 Å². The Bertz CT molecular complexity index is 1200. The summed E-state index contributed by atoms with van der Waals surface area (Å²) < 4.78 is 5.97. The van der Waals surface area contributed by atoms with Crippen LogP contribution in [-0.4, -0.2) is 16.0 Å². The lowest BCUT2D eigenvalue weighted by Crippen LogP contribution is -2.15. The number of nitrogens with zero attached hydrogens (tertiary/aromatic N) is 2. The van der Waals surface area contributed by atoms with Crippen LogP contribution in [0, 0.1) is 20.8 Å². The van der Waals surface area contributed by atoms with Crippen molar-refractivity contribution in [2.75, 3.05) is 5.32 Å². The molecule has 4 rings (SSSR count). The number of halogens is 1. The Hall–Kier alpha value is -2.99. The highest BCUT2D eigenvalue weighted by Crippen LogP contribution is 2.33. The molecule has 0 saturated heterocycles. The van der Waals surface area contributed by atoms with Gasteiger partial charge in [0.15, 0.2) is 5.82 Å². The van der Waals surface area contributed by atoms with E-state index < -0.39 is 0 Å². The lowest BCUT2D eigenvalue weighted by molar-refractivity contribution is 0.102. The Labute approximate surface area is 170 Å². The Morgan fingerprint density at radius 2 is 1.82 bits per heavy atom. The van der Waals surface area contributed by atoms with Crippen LogP contribution >= 0.6 is 15.9 Å². The maximum absolute atomic E-state index is 13.2. The van der Waals surface area contributed by atoms with Crippen LogP contribution in [-0.2, 0) is 0 Å². The van der Waals surface area contributed by atoms with Crippen LogP contribution in [0.1, 0.15) is 27.2 Å². The van der Waals surface area contributed by atoms with Crippen molar-refractivity contribution in [1.82, 2.24) is 10.1 Å². The molecule has 2 aromatic carbocycles. The second-order valence-corrected chi connectivity index (χ2v) is 7.64. The van der Waals surface area contributed by atoms with Gasteiger partial charge in [0.1, 0.15) is 5.76 Å². The standard InChI is InChI=1S/C22H18BrN3O2/c1-12-9-16(23)11-17-19(22(27)24-18-10-13(2)28-26-18)14(3)21(25-20(12)17)15-7-5-4-6-8-15/h4-11H,1-3H3,(H,24,26,27). The van der Waals surface area contributed by atoms with Crippen molar-refractivity contribution in [2.45, 2.75) is 20.8 Å². The molecule has 0 aliphatic rings. The number of amides is 1. The molecule has 2 heterocycles. The number of benzene rings is 2. The third-order valence-electron chi connectivity index (χ3n) is 4.63. The van der Waals surface area contributed by atoms with Crippen LogP contribution < -0.4 is 5.32 Å². The van der Waals surface area contributed by atoms with E-state index in [1.54, 1.807) is 13.0 Å². The van der Waals surface area contributed by atoms with E-state index >= 15 is 0 Å². The molecule has 1 amide bonds. The molecular formula is C22H18BrN3O2. The van der Waals surface area contributed by atoms with Crippen molar-refractivity contribution < 1.29 is 9.32 Å². The smallest absolute Gasteiger partial charge is 0.257 e. The normalized spacial score (nSPS) is 11.0. The quantitative estimate of drug-likeness (QED) is 0.439. The van der Waals surface area contributed by atoms with Gasteiger partial charge in [0.25, 0.3) is 5.91 Å². The van der Waals surface area contributed by atoms with Crippen molar-refractivity contribution in [3.05, 3.63) is 75.5 Å². The predicted octanol–water partition coefficient (Wildman–Crippen LogP) is 5.83. The number of carbonyl (C=O) groups is 1. The maximum atomic E-state index is 13.2. The first-order chi connectivity index (χ1) is 13.4. The van der Waals surface area contributed by atoms with Gasteiger partial charge >= 0.3 is 0 Å². The Morgan fingerprint density at radius 1 is 1.07 bits per heavy atom. The van der Waals surface area contributed by atoms with Crippen LogP contribution in [0.25, 0.3) is 22.2 Å². The fourth-order valence-corrected chi connectivity index (χ4v) is 3.94. The number of nitrogens with one attached hydrogen (secondary N) is 1. The number of aryl methyl sites for hydroxylation is 2. The predicted molar refractivity (Wildman–Crippen MR) is 114 cm³/mol. The maximum Gasteiger partial charge on any atom is 0.257 e. The SMILES string of the molecule is Cc1cc(NC(=O)c2c(C)c(-c3ccccc3)nc3c(C)cc(Br)cc23)no1. The minimum Gasteiger partial charge on any atom is -0.360 e. The van der Waals surface area contributed by atoms with E-state index in [1.807, 2.05) is 56.3 Å². The third kappa shape index (κ3) is 3.31. The van der Waals surface area contributed by atoms with Crippen molar-refractivity contribution in [3.8, 4) is 11.3 Å². The zero-order valence-electron chi connectivity index (χ0n) is 15.7. The van der Waals surface area contributed by atoms with Crippen molar-refractivity contribution >= 4 is 38.6 Å². The van der Waals surface area contributed by atoms with Gasteiger partial charge in [0.05, 0.1) is 16.8 Å². The van der Waals surface area contributed by atoms with Gasteiger partial charge in [-0.3, -0.25) is 4.79 Å². The minimum atomic E-state index is -0.243. The number of carbonyl (C=O) groups excluding carboxylic acids is 1. The largest absolute Gasteiger partial charge is 0.360 e. The first-order valence-electron chi connectivity index (χ1n) is 8.84. The van der Waals surface area contributed by atoms with Crippen LogP contribution in [0.15, 0.2) is 57.5 Å². The highest BCUT2D eigenvalue weighted by Gasteiger charge is 2.21. The van der Waals surface area contributed by atoms with E-state index in [0.29, 0.717) is 17.1 Å². The molecule has 0 aliphatic carbocycles. The van der Waals surface area contributed by atoms with Gasteiger partial charge in [-0.25, -0.2) is 4.98 Å². The summed E-state index contributed by atoms with van der Waals surface area (Å²) in [6.07, 6.45) is 0. The molecule has 0 unspecified atom stereocenters. The molecule has 4 aromatic rings. The van der Waals surface area contributed by atoms with Crippen LogP contribution in [0.2, 0.25) is 0 Å². The van der Waals surface area contributed by atoms with Crippen molar-refractivity contribution in [2.24, 2.45) is 0 Å². The Kier molecular flexibility index (Phi) is 4.73. The number of pyridine rings is 1. The van der Waals surface area contributed by atoms with Crippen LogP contribution in [0.5, 0.6) is 0 Å². The summed E-state index contributed by atoms with van der Waals surface area (Å²) in [6, 6.07) is 15.5. The Balaban J connectivity index is 1.96. The van der Waals surface area contributed by atoms with Gasteiger partial charge in [-0.2, -0.15) is 0 Å². The van der Waals surface area contributed by atoms with Gasteiger partial charge < -0.3 is 9.84 Å². The number of hydrogen-bond donors (Lipinski definition) is 1. The van der Waals surface area contributed by atoms with E-state index in [9.17, 15) is 4.79 Å². The summed E-state index contributed by atoms with van der Waals surface area (Å²) in [5.41, 5.74) is 4.94. The third-order valence-corrected chi connectivity index (χ3v) is 5.09. The average Bonchev–Trinajstić information content (AvgIpc) is 3.06. The molecule has 28 heavy (non-hydrogen) atoms. The van der Waals surface area contributed by atoms with Gasteiger partial charge in [-0.15, -0.1) is 0 Å². The molecule has 5 nitrogen and oxygen atoms in total. The summed E-state index contributed by atoms with van der Waals surface area (Å²) in [4.78, 5) is 18.1. The van der Waals surface area contributed by atoms with E-state index in [-0.39, 0.29) is 5.91 Å². The number of rotatable bonds is 3. The molecule has 0 bridgehead atoms. The Morgan fingerprint density at radius 3 is 2.50 bits per heavy atom. The molecule has 0 fully saturated rings. The zero-order chi connectivity index (χ0) is 19.8. The number of fused-ring (bicyclic) bond motifs is 1. The number of aromatic nitrogens is 2. The van der Waals surface area contributed by atoms with Gasteiger partial charge in [-0.1, -0.05) is 51.4 Å². The second kappa shape index (κ2) is 7.20. The van der Waals surface area contributed by atoms with E-state index in [0.717, 1.165) is 37.8 Å². The van der Waals surface area contributed by atoms with Crippen molar-refractivity contribution in [3.63, 3.8) is 0 Å². The average molecular weight is 436 g/mol. The van der Waals surface area contributed by atoms with Gasteiger partial charge in [0, 0.05) is 21.5 Å². The zero-order valence-corrected chi connectivity index (χ0v) is 17.3. The monoisotopic (exact) mass is 435 g/mol. The van der Waals surface area contributed by atoms with E-state index in [1.165, 1.54) is 0 Å². The highest BCUT2D eigenvalue weighted by molar-refractivity contribution is 9.10. The van der Waals surface area contributed by atoms with Crippen LogP contribution in [0.4, 0.5) is 5.82 Å². The molecule has 0 aliphatic heterocycles. The molecule has 0 spiro atoms. The minimum absolute atomic E-state index is 0.243. The summed E-state index contributed by atoms with van der Waals surface area (Å²) in [6.45, 7) is 5.70. The van der Waals surface area contributed by atoms with Gasteiger partial charge in [0.2, 0.25) is 0 Å². The molecule has 2 aromatic heterocycles. The van der Waals surface area contributed by atoms with Gasteiger partial charge in [-0.05, 0) is 44.0 Å². The summed E-state index contributed by atoms with van der Waals surface area (Å²) in [5, 5.41) is 7.51.